The van der Waals surface area contributed by atoms with Crippen molar-refractivity contribution in [3.8, 4) is 11.5 Å². The molecule has 0 radical (unpaired) electrons. The number of ether oxygens (including phenoxy) is 1. The van der Waals surface area contributed by atoms with Crippen molar-refractivity contribution >= 4 is 11.6 Å². The van der Waals surface area contributed by atoms with E-state index < -0.39 is 11.9 Å². The number of para-hydroxylation sites is 1. The van der Waals surface area contributed by atoms with Crippen LogP contribution in [0.2, 0.25) is 5.02 Å². The van der Waals surface area contributed by atoms with Crippen LogP contribution in [0.5, 0.6) is 11.5 Å². The van der Waals surface area contributed by atoms with Crippen molar-refractivity contribution in [3.05, 3.63) is 58.4 Å². The van der Waals surface area contributed by atoms with Crippen molar-refractivity contribution in [3.63, 3.8) is 0 Å². The van der Waals surface area contributed by atoms with Crippen LogP contribution in [0.4, 0.5) is 4.39 Å². The minimum atomic E-state index is -0.825. The second-order valence-electron chi connectivity index (χ2n) is 4.37. The Kier molecular flexibility index (Phi) is 4.08. The van der Waals surface area contributed by atoms with E-state index in [1.54, 1.807) is 25.1 Å². The van der Waals surface area contributed by atoms with Gasteiger partial charge in [-0.25, -0.2) is 4.39 Å². The molecule has 100 valence electrons. The average Bonchev–Trinajstić information content (AvgIpc) is 2.35. The Morgan fingerprint density at radius 3 is 2.68 bits per heavy atom. The summed E-state index contributed by atoms with van der Waals surface area (Å²) >= 11 is 6.02. The molecule has 2 aromatic carbocycles. The van der Waals surface area contributed by atoms with E-state index in [0.29, 0.717) is 16.3 Å². The van der Waals surface area contributed by atoms with Gasteiger partial charge in [0.15, 0.2) is 11.6 Å². The fourth-order valence-corrected chi connectivity index (χ4v) is 1.92. The number of hydrogen-bond donors (Lipinski definition) is 1. The Hall–Kier alpha value is -1.58. The van der Waals surface area contributed by atoms with Gasteiger partial charge in [0, 0.05) is 5.56 Å². The van der Waals surface area contributed by atoms with Crippen molar-refractivity contribution < 1.29 is 14.2 Å². The zero-order chi connectivity index (χ0) is 14.0. The van der Waals surface area contributed by atoms with Gasteiger partial charge in [-0.05, 0) is 37.6 Å². The normalized spacial score (nSPS) is 12.3. The van der Waals surface area contributed by atoms with E-state index in [0.717, 1.165) is 5.56 Å². The smallest absolute Gasteiger partial charge is 0.168 e. The number of benzene rings is 2. The van der Waals surface area contributed by atoms with Gasteiger partial charge in [0.2, 0.25) is 0 Å². The second-order valence-corrected chi connectivity index (χ2v) is 4.78. The van der Waals surface area contributed by atoms with Crippen LogP contribution in [0.3, 0.4) is 0 Å². The van der Waals surface area contributed by atoms with Gasteiger partial charge in [0.1, 0.15) is 5.75 Å². The first kappa shape index (κ1) is 13.8. The van der Waals surface area contributed by atoms with E-state index in [4.69, 9.17) is 16.3 Å². The maximum absolute atomic E-state index is 13.8. The fraction of sp³-hybridized carbons (Fsp3) is 0.200. The number of aliphatic hydroxyl groups is 1. The number of aryl methyl sites for hydroxylation is 1. The monoisotopic (exact) mass is 280 g/mol. The van der Waals surface area contributed by atoms with Gasteiger partial charge >= 0.3 is 0 Å². The van der Waals surface area contributed by atoms with Crippen molar-refractivity contribution in [1.29, 1.82) is 0 Å². The highest BCUT2D eigenvalue weighted by Gasteiger charge is 2.16. The lowest BCUT2D eigenvalue weighted by Crippen LogP contribution is -1.99. The molecule has 0 aliphatic carbocycles. The third-order valence-corrected chi connectivity index (χ3v) is 3.06. The van der Waals surface area contributed by atoms with Gasteiger partial charge in [-0.2, -0.15) is 0 Å². The van der Waals surface area contributed by atoms with Gasteiger partial charge in [0.05, 0.1) is 11.1 Å². The number of aliphatic hydroxyl groups excluding tert-OH is 1. The van der Waals surface area contributed by atoms with E-state index in [1.807, 2.05) is 13.0 Å². The van der Waals surface area contributed by atoms with Gasteiger partial charge in [-0.3, -0.25) is 0 Å². The number of halogens is 2. The lowest BCUT2D eigenvalue weighted by molar-refractivity contribution is 0.194. The highest BCUT2D eigenvalue weighted by atomic mass is 35.5. The summed E-state index contributed by atoms with van der Waals surface area (Å²) in [5.41, 5.74) is 1.34. The topological polar surface area (TPSA) is 29.5 Å². The fourth-order valence-electron chi connectivity index (χ4n) is 1.76. The Labute approximate surface area is 116 Å². The summed E-state index contributed by atoms with van der Waals surface area (Å²) < 4.78 is 19.4. The molecule has 0 spiro atoms. The lowest BCUT2D eigenvalue weighted by Gasteiger charge is -2.15. The maximum Gasteiger partial charge on any atom is 0.168 e. The third-order valence-electron chi connectivity index (χ3n) is 2.75. The molecule has 19 heavy (non-hydrogen) atoms. The predicted octanol–water partition coefficient (Wildman–Crippen LogP) is 4.63. The molecule has 0 fully saturated rings. The van der Waals surface area contributed by atoms with Crippen LogP contribution in [0.15, 0.2) is 36.4 Å². The van der Waals surface area contributed by atoms with Crippen LogP contribution in [-0.4, -0.2) is 5.11 Å². The molecular weight excluding hydrogens is 267 g/mol. The molecule has 0 aliphatic heterocycles. The zero-order valence-corrected chi connectivity index (χ0v) is 11.4. The van der Waals surface area contributed by atoms with Crippen LogP contribution in [0.25, 0.3) is 0 Å². The molecule has 4 heteroatoms. The molecule has 0 aliphatic rings. The third kappa shape index (κ3) is 3.06. The standard InChI is InChI=1S/C15H14ClFO2/c1-9-6-7-12(16)14(8-9)19-15-11(10(2)18)4-3-5-13(15)17/h3-8,10,18H,1-2H3/t10-/m0/s1. The molecule has 0 saturated carbocycles. The zero-order valence-electron chi connectivity index (χ0n) is 10.7. The van der Waals surface area contributed by atoms with Crippen molar-refractivity contribution in [1.82, 2.24) is 0 Å². The van der Waals surface area contributed by atoms with E-state index in [9.17, 15) is 9.50 Å². The van der Waals surface area contributed by atoms with Gasteiger partial charge in [-0.1, -0.05) is 29.8 Å². The molecule has 0 saturated heterocycles. The molecule has 0 bridgehead atoms. The predicted molar refractivity (Wildman–Crippen MR) is 73.3 cm³/mol. The molecular formula is C15H14ClFO2. The first-order chi connectivity index (χ1) is 8.99. The molecule has 2 rings (SSSR count). The Morgan fingerprint density at radius 2 is 2.00 bits per heavy atom. The number of hydrogen-bond acceptors (Lipinski definition) is 2. The molecule has 0 unspecified atom stereocenters. The van der Waals surface area contributed by atoms with Crippen molar-refractivity contribution in [2.75, 3.05) is 0 Å². The Balaban J connectivity index is 2.46. The van der Waals surface area contributed by atoms with E-state index >= 15 is 0 Å². The lowest BCUT2D eigenvalue weighted by atomic mass is 10.1. The van der Waals surface area contributed by atoms with Crippen LogP contribution in [0, 0.1) is 12.7 Å². The molecule has 0 aromatic heterocycles. The Morgan fingerprint density at radius 1 is 1.26 bits per heavy atom. The van der Waals surface area contributed by atoms with E-state index in [-0.39, 0.29) is 5.75 Å². The molecule has 1 N–H and O–H groups in total. The minimum Gasteiger partial charge on any atom is -0.452 e. The summed E-state index contributed by atoms with van der Waals surface area (Å²) in [4.78, 5) is 0. The second kappa shape index (κ2) is 5.59. The average molecular weight is 281 g/mol. The number of rotatable bonds is 3. The van der Waals surface area contributed by atoms with Gasteiger partial charge < -0.3 is 9.84 Å². The van der Waals surface area contributed by atoms with Gasteiger partial charge in [-0.15, -0.1) is 0 Å². The van der Waals surface area contributed by atoms with Crippen molar-refractivity contribution in [2.45, 2.75) is 20.0 Å². The first-order valence-corrected chi connectivity index (χ1v) is 6.27. The summed E-state index contributed by atoms with van der Waals surface area (Å²) in [5.74, 6) is -0.158. The maximum atomic E-state index is 13.8. The van der Waals surface area contributed by atoms with Crippen molar-refractivity contribution in [2.24, 2.45) is 0 Å². The van der Waals surface area contributed by atoms with E-state index in [2.05, 4.69) is 0 Å². The largest absolute Gasteiger partial charge is 0.452 e. The van der Waals surface area contributed by atoms with Gasteiger partial charge in [0.25, 0.3) is 0 Å². The molecule has 2 nitrogen and oxygen atoms in total. The molecule has 0 heterocycles. The summed E-state index contributed by atoms with van der Waals surface area (Å²) in [5, 5.41) is 10.0. The highest BCUT2D eigenvalue weighted by molar-refractivity contribution is 6.32. The quantitative estimate of drug-likeness (QED) is 0.888. The molecule has 2 aromatic rings. The van der Waals surface area contributed by atoms with Crippen LogP contribution < -0.4 is 4.74 Å². The SMILES string of the molecule is Cc1ccc(Cl)c(Oc2c(F)cccc2[C@H](C)O)c1. The van der Waals surface area contributed by atoms with Crippen LogP contribution in [0.1, 0.15) is 24.2 Å². The van der Waals surface area contributed by atoms with Crippen LogP contribution in [-0.2, 0) is 0 Å². The molecule has 0 amide bonds. The summed E-state index contributed by atoms with van der Waals surface area (Å²) in [6, 6.07) is 9.68. The molecule has 1 atom stereocenters. The van der Waals surface area contributed by atoms with E-state index in [1.165, 1.54) is 12.1 Å². The Bertz CT molecular complexity index is 597. The highest BCUT2D eigenvalue weighted by Crippen LogP contribution is 2.35. The first-order valence-electron chi connectivity index (χ1n) is 5.89. The van der Waals surface area contributed by atoms with Crippen LogP contribution >= 0.6 is 11.6 Å². The summed E-state index contributed by atoms with van der Waals surface area (Å²) in [6.45, 7) is 3.44. The summed E-state index contributed by atoms with van der Waals surface area (Å²) in [6.07, 6.45) is -0.825. The minimum absolute atomic E-state index is 0.00463. The summed E-state index contributed by atoms with van der Waals surface area (Å²) in [7, 11) is 0.